The second-order valence-electron chi connectivity index (χ2n) is 5.65. The molecule has 21 heavy (non-hydrogen) atoms. The van der Waals surface area contributed by atoms with E-state index >= 15 is 0 Å². The highest BCUT2D eigenvalue weighted by molar-refractivity contribution is 5.73. The largest absolute Gasteiger partial charge is 0.496 e. The molecule has 5 nitrogen and oxygen atoms in total. The third-order valence-corrected chi connectivity index (χ3v) is 3.15. The molecule has 0 saturated heterocycles. The predicted octanol–water partition coefficient (Wildman–Crippen LogP) is 2.21. The van der Waals surface area contributed by atoms with Gasteiger partial charge in [0.1, 0.15) is 5.75 Å². The molecular weight excluding hydrogens is 268 g/mol. The summed E-state index contributed by atoms with van der Waals surface area (Å²) in [4.78, 5) is 11.7. The number of carbonyl (C=O) groups is 1. The summed E-state index contributed by atoms with van der Waals surface area (Å²) in [5.41, 5.74) is 2.04. The Balaban J connectivity index is 2.34. The highest BCUT2D eigenvalue weighted by Gasteiger charge is 2.09. The monoisotopic (exact) mass is 294 g/mol. The zero-order valence-corrected chi connectivity index (χ0v) is 13.3. The van der Waals surface area contributed by atoms with Crippen molar-refractivity contribution in [3.63, 3.8) is 0 Å². The second kappa shape index (κ2) is 8.52. The van der Waals surface area contributed by atoms with E-state index in [0.717, 1.165) is 16.9 Å². The molecule has 0 radical (unpaired) electrons. The molecule has 5 heteroatoms. The van der Waals surface area contributed by atoms with E-state index in [2.05, 4.69) is 10.6 Å². The molecule has 1 rings (SSSR count). The summed E-state index contributed by atoms with van der Waals surface area (Å²) in [6.45, 7) is 6.75. The van der Waals surface area contributed by atoms with Gasteiger partial charge in [-0.05, 0) is 36.5 Å². The van der Waals surface area contributed by atoms with Crippen molar-refractivity contribution in [1.82, 2.24) is 10.6 Å². The Kier molecular flexibility index (Phi) is 7.02. The smallest absolute Gasteiger partial charge is 0.315 e. The number of aryl methyl sites for hydroxylation is 1. The molecule has 0 saturated carbocycles. The number of aliphatic hydroxyl groups is 1. The summed E-state index contributed by atoms with van der Waals surface area (Å²) in [7, 11) is 1.64. The van der Waals surface area contributed by atoms with Crippen molar-refractivity contribution in [2.75, 3.05) is 13.7 Å². The van der Waals surface area contributed by atoms with Crippen LogP contribution in [0.5, 0.6) is 5.75 Å². The molecule has 118 valence electrons. The van der Waals surface area contributed by atoms with Gasteiger partial charge in [-0.1, -0.05) is 26.0 Å². The van der Waals surface area contributed by atoms with Crippen molar-refractivity contribution in [2.45, 2.75) is 39.8 Å². The lowest BCUT2D eigenvalue weighted by Crippen LogP contribution is -2.39. The van der Waals surface area contributed by atoms with Crippen LogP contribution in [-0.2, 0) is 6.54 Å². The number of methoxy groups -OCH3 is 1. The molecule has 0 fully saturated rings. The molecule has 0 aromatic heterocycles. The maximum Gasteiger partial charge on any atom is 0.315 e. The van der Waals surface area contributed by atoms with Crippen molar-refractivity contribution in [1.29, 1.82) is 0 Å². The maximum absolute atomic E-state index is 11.7. The number of hydrogen-bond acceptors (Lipinski definition) is 3. The first-order valence-corrected chi connectivity index (χ1v) is 7.25. The quantitative estimate of drug-likeness (QED) is 0.722. The molecule has 0 aliphatic heterocycles. The molecule has 0 aliphatic rings. The summed E-state index contributed by atoms with van der Waals surface area (Å²) in [6, 6.07) is 5.51. The fourth-order valence-corrected chi connectivity index (χ4v) is 2.13. The molecule has 1 aromatic carbocycles. The van der Waals surface area contributed by atoms with Gasteiger partial charge in [0.25, 0.3) is 0 Å². The molecule has 0 bridgehead atoms. The second-order valence-corrected chi connectivity index (χ2v) is 5.65. The number of aliphatic hydroxyl groups excluding tert-OH is 1. The van der Waals surface area contributed by atoms with Crippen LogP contribution in [0.3, 0.4) is 0 Å². The van der Waals surface area contributed by atoms with Crippen LogP contribution in [-0.4, -0.2) is 30.9 Å². The van der Waals surface area contributed by atoms with Gasteiger partial charge in [0.2, 0.25) is 0 Å². The van der Waals surface area contributed by atoms with Crippen LogP contribution in [0.1, 0.15) is 31.4 Å². The van der Waals surface area contributed by atoms with E-state index in [4.69, 9.17) is 4.74 Å². The van der Waals surface area contributed by atoms with Crippen LogP contribution in [0.4, 0.5) is 4.79 Å². The van der Waals surface area contributed by atoms with E-state index in [-0.39, 0.29) is 12.6 Å². The highest BCUT2D eigenvalue weighted by atomic mass is 16.5. The SMILES string of the molecule is COc1ccc(CNC(=O)NCC(O)CC(C)C)cc1C. The minimum atomic E-state index is -0.501. The molecule has 3 N–H and O–H groups in total. The van der Waals surface area contributed by atoms with E-state index in [1.54, 1.807) is 7.11 Å². The number of rotatable bonds is 7. The van der Waals surface area contributed by atoms with Crippen LogP contribution < -0.4 is 15.4 Å². The first kappa shape index (κ1) is 17.3. The normalized spacial score (nSPS) is 12.1. The Bertz CT molecular complexity index is 461. The number of carbonyl (C=O) groups excluding carboxylic acids is 1. The zero-order chi connectivity index (χ0) is 15.8. The number of nitrogens with one attached hydrogen (secondary N) is 2. The maximum atomic E-state index is 11.7. The third-order valence-electron chi connectivity index (χ3n) is 3.15. The molecule has 1 unspecified atom stereocenters. The number of hydrogen-bond donors (Lipinski definition) is 3. The standard InChI is InChI=1S/C16H26N2O3/c1-11(2)7-14(19)10-18-16(20)17-9-13-5-6-15(21-4)12(3)8-13/h5-6,8,11,14,19H,7,9-10H2,1-4H3,(H2,17,18,20). The lowest BCUT2D eigenvalue weighted by molar-refractivity contribution is 0.147. The first-order valence-electron chi connectivity index (χ1n) is 7.25. The molecule has 0 spiro atoms. The van der Waals surface area contributed by atoms with Gasteiger partial charge >= 0.3 is 6.03 Å². The van der Waals surface area contributed by atoms with Crippen LogP contribution in [0.2, 0.25) is 0 Å². The summed E-state index contributed by atoms with van der Waals surface area (Å²) in [5.74, 6) is 1.24. The number of urea groups is 1. The summed E-state index contributed by atoms with van der Waals surface area (Å²) < 4.78 is 5.19. The molecule has 0 heterocycles. The van der Waals surface area contributed by atoms with Gasteiger partial charge in [0.15, 0.2) is 0 Å². The van der Waals surface area contributed by atoms with Crippen molar-refractivity contribution in [2.24, 2.45) is 5.92 Å². The van der Waals surface area contributed by atoms with E-state index in [1.807, 2.05) is 39.0 Å². The molecular formula is C16H26N2O3. The van der Waals surface area contributed by atoms with E-state index < -0.39 is 6.10 Å². The summed E-state index contributed by atoms with van der Waals surface area (Å²) in [5, 5.41) is 15.1. The van der Waals surface area contributed by atoms with Crippen molar-refractivity contribution < 1.29 is 14.6 Å². The van der Waals surface area contributed by atoms with Crippen molar-refractivity contribution >= 4 is 6.03 Å². The molecule has 2 amide bonds. The average Bonchev–Trinajstić information content (AvgIpc) is 2.42. The minimum absolute atomic E-state index is 0.269. The Morgan fingerprint density at radius 3 is 2.62 bits per heavy atom. The number of ether oxygens (including phenoxy) is 1. The van der Waals surface area contributed by atoms with E-state index in [9.17, 15) is 9.90 Å². The Morgan fingerprint density at radius 1 is 1.33 bits per heavy atom. The van der Waals surface area contributed by atoms with Crippen molar-refractivity contribution in [3.05, 3.63) is 29.3 Å². The molecule has 1 aromatic rings. The number of benzene rings is 1. The van der Waals surface area contributed by atoms with Gasteiger partial charge in [0, 0.05) is 13.1 Å². The fourth-order valence-electron chi connectivity index (χ4n) is 2.13. The fraction of sp³-hybridized carbons (Fsp3) is 0.562. The highest BCUT2D eigenvalue weighted by Crippen LogP contribution is 2.18. The Hall–Kier alpha value is -1.75. The van der Waals surface area contributed by atoms with Crippen molar-refractivity contribution in [3.8, 4) is 5.75 Å². The third kappa shape index (κ3) is 6.49. The van der Waals surface area contributed by atoms with E-state index in [1.165, 1.54) is 0 Å². The Morgan fingerprint density at radius 2 is 2.05 bits per heavy atom. The topological polar surface area (TPSA) is 70.6 Å². The van der Waals surface area contributed by atoms with Crippen LogP contribution in [0, 0.1) is 12.8 Å². The minimum Gasteiger partial charge on any atom is -0.496 e. The van der Waals surface area contributed by atoms with Crippen LogP contribution in [0.15, 0.2) is 18.2 Å². The van der Waals surface area contributed by atoms with E-state index in [0.29, 0.717) is 18.9 Å². The Labute approximate surface area is 126 Å². The molecule has 0 aliphatic carbocycles. The summed E-state index contributed by atoms with van der Waals surface area (Å²) in [6.07, 6.45) is 0.178. The van der Waals surface area contributed by atoms with Gasteiger partial charge in [-0.25, -0.2) is 4.79 Å². The lowest BCUT2D eigenvalue weighted by atomic mass is 10.1. The average molecular weight is 294 g/mol. The van der Waals surface area contributed by atoms with Gasteiger partial charge in [-0.3, -0.25) is 0 Å². The zero-order valence-electron chi connectivity index (χ0n) is 13.3. The molecule has 1 atom stereocenters. The van der Waals surface area contributed by atoms with Gasteiger partial charge in [0.05, 0.1) is 13.2 Å². The van der Waals surface area contributed by atoms with Gasteiger partial charge in [-0.2, -0.15) is 0 Å². The van der Waals surface area contributed by atoms with Gasteiger partial charge < -0.3 is 20.5 Å². The van der Waals surface area contributed by atoms with Crippen LogP contribution in [0.25, 0.3) is 0 Å². The summed E-state index contributed by atoms with van der Waals surface area (Å²) >= 11 is 0. The predicted molar refractivity (Wildman–Crippen MR) is 83.4 cm³/mol. The number of amides is 2. The van der Waals surface area contributed by atoms with Gasteiger partial charge in [-0.15, -0.1) is 0 Å². The first-order chi connectivity index (χ1) is 9.92. The van der Waals surface area contributed by atoms with Crippen LogP contribution >= 0.6 is 0 Å². The lowest BCUT2D eigenvalue weighted by Gasteiger charge is -2.14.